The van der Waals surface area contributed by atoms with E-state index < -0.39 is 20.8 Å². The van der Waals surface area contributed by atoms with Crippen molar-refractivity contribution in [2.75, 3.05) is 0 Å². The van der Waals surface area contributed by atoms with E-state index in [2.05, 4.69) is 111 Å². The van der Waals surface area contributed by atoms with Crippen molar-refractivity contribution in [1.82, 2.24) is 0 Å². The molecule has 0 aromatic heterocycles. The first-order chi connectivity index (χ1) is 21.6. The SMILES string of the molecule is CCc1cc2c(C#Cc3ccccc3)cccc2[cH-]1.CCc1cc2c(C#Cc3ccccc3)cccc2[cH-]1.C[Si]C.[Cl][Zr+2][Cl]. The van der Waals surface area contributed by atoms with Crippen molar-refractivity contribution in [3.05, 3.63) is 155 Å². The molecule has 6 rings (SSSR count). The van der Waals surface area contributed by atoms with E-state index in [0.717, 1.165) is 44.6 Å². The van der Waals surface area contributed by atoms with Gasteiger partial charge in [-0.3, -0.25) is 0 Å². The maximum absolute atomic E-state index is 4.93. The fraction of sp³-hybridized carbons (Fsp3) is 0.150. The van der Waals surface area contributed by atoms with Gasteiger partial charge in [0.1, 0.15) is 0 Å². The number of benzene rings is 4. The van der Waals surface area contributed by atoms with Gasteiger partial charge in [0.25, 0.3) is 0 Å². The van der Waals surface area contributed by atoms with Gasteiger partial charge in [0.2, 0.25) is 0 Å². The molecule has 6 aromatic carbocycles. The second-order valence-corrected chi connectivity index (χ2v) is 14.6. The van der Waals surface area contributed by atoms with Crippen molar-refractivity contribution in [2.24, 2.45) is 0 Å². The predicted molar refractivity (Wildman–Crippen MR) is 192 cm³/mol. The van der Waals surface area contributed by atoms with Crippen LogP contribution in [0.1, 0.15) is 47.2 Å². The van der Waals surface area contributed by atoms with E-state index in [4.69, 9.17) is 17.0 Å². The molecular weight excluding hydrogens is 671 g/mol. The van der Waals surface area contributed by atoms with Gasteiger partial charge in [-0.2, -0.15) is 12.1 Å². The van der Waals surface area contributed by atoms with Crippen LogP contribution >= 0.6 is 17.0 Å². The van der Waals surface area contributed by atoms with Crippen LogP contribution in [0.2, 0.25) is 13.1 Å². The van der Waals surface area contributed by atoms with E-state index in [0.29, 0.717) is 0 Å². The van der Waals surface area contributed by atoms with Gasteiger partial charge in [-0.05, 0) is 48.2 Å². The molecular formula is C40H36Cl2SiZr. The van der Waals surface area contributed by atoms with Crippen LogP contribution in [0, 0.1) is 23.7 Å². The normalized spacial score (nSPS) is 9.41. The van der Waals surface area contributed by atoms with E-state index in [-0.39, 0.29) is 0 Å². The standard InChI is InChI=1S/2C19H15.C2H6Si.2ClH.Zr/c2*1-2-15-13-18-10-6-9-17(19(18)14-15)12-11-16-7-4-3-5-8-16;1-3-2;;;/h2*3-10,13-14H,2H2,1H3;1-2H3;2*1H;/q2*-1;;;;+4/p-2. The summed E-state index contributed by atoms with van der Waals surface area (Å²) in [6.45, 7) is 8.67. The first-order valence-corrected chi connectivity index (χ1v) is 22.9. The summed E-state index contributed by atoms with van der Waals surface area (Å²) in [6, 6.07) is 41.9. The average molecular weight is 707 g/mol. The van der Waals surface area contributed by atoms with Crippen LogP contribution in [-0.2, 0) is 33.7 Å². The molecule has 44 heavy (non-hydrogen) atoms. The fourth-order valence-corrected chi connectivity index (χ4v) is 4.54. The molecule has 0 saturated carbocycles. The molecule has 0 saturated heterocycles. The third kappa shape index (κ3) is 11.1. The molecule has 0 aliphatic carbocycles. The summed E-state index contributed by atoms with van der Waals surface area (Å²) < 4.78 is 0. The van der Waals surface area contributed by atoms with Gasteiger partial charge < -0.3 is 0 Å². The van der Waals surface area contributed by atoms with Gasteiger partial charge in [-0.15, -0.1) is 69.1 Å². The Labute approximate surface area is 285 Å². The minimum absolute atomic E-state index is 0.826. The van der Waals surface area contributed by atoms with E-state index >= 15 is 0 Å². The summed E-state index contributed by atoms with van der Waals surface area (Å²) in [5, 5.41) is 5.11. The average Bonchev–Trinajstić information content (AvgIpc) is 3.70. The van der Waals surface area contributed by atoms with Crippen LogP contribution in [-0.4, -0.2) is 9.52 Å². The summed E-state index contributed by atoms with van der Waals surface area (Å²) in [6.07, 6.45) is 2.14. The van der Waals surface area contributed by atoms with Crippen molar-refractivity contribution < 1.29 is 20.8 Å². The summed E-state index contributed by atoms with van der Waals surface area (Å²) in [4.78, 5) is 0. The number of hydrogen-bond acceptors (Lipinski definition) is 0. The first kappa shape index (κ1) is 35.4. The number of hydrogen-bond donors (Lipinski definition) is 0. The number of rotatable bonds is 2. The Hall–Kier alpha value is -3.10. The monoisotopic (exact) mass is 704 g/mol. The third-order valence-electron chi connectivity index (χ3n) is 6.67. The zero-order valence-electron chi connectivity index (χ0n) is 25.7. The molecule has 0 nitrogen and oxygen atoms in total. The van der Waals surface area contributed by atoms with Crippen molar-refractivity contribution in [3.63, 3.8) is 0 Å². The second-order valence-electron chi connectivity index (χ2n) is 9.85. The van der Waals surface area contributed by atoms with Crippen LogP contribution in [0.15, 0.2) is 121 Å². The second kappa shape index (κ2) is 20.0. The molecule has 4 heteroatoms. The molecule has 6 aromatic rings. The molecule has 0 unspecified atom stereocenters. The summed E-state index contributed by atoms with van der Waals surface area (Å²) in [7, 11) is 11.0. The zero-order chi connectivity index (χ0) is 31.6. The Morgan fingerprint density at radius 1 is 0.568 bits per heavy atom. The molecule has 0 bridgehead atoms. The quantitative estimate of drug-likeness (QED) is 0.0955. The number of halogens is 2. The summed E-state index contributed by atoms with van der Waals surface area (Å²) >= 11 is -0.826. The first-order valence-electron chi connectivity index (χ1n) is 14.6. The summed E-state index contributed by atoms with van der Waals surface area (Å²) in [5.41, 5.74) is 7.10. The summed E-state index contributed by atoms with van der Waals surface area (Å²) in [5.74, 6) is 13.0. The Balaban J connectivity index is 0.000000204. The maximum atomic E-state index is 4.93. The van der Waals surface area contributed by atoms with Crippen LogP contribution in [0.5, 0.6) is 0 Å². The number of aryl methyl sites for hydroxylation is 2. The molecule has 0 N–H and O–H groups in total. The van der Waals surface area contributed by atoms with Crippen molar-refractivity contribution in [2.45, 2.75) is 39.8 Å². The predicted octanol–water partition coefficient (Wildman–Crippen LogP) is 11.2. The van der Waals surface area contributed by atoms with Gasteiger partial charge in [-0.1, -0.05) is 99.2 Å². The van der Waals surface area contributed by atoms with Crippen molar-refractivity contribution >= 4 is 48.1 Å². The molecule has 2 radical (unpaired) electrons. The Morgan fingerprint density at radius 2 is 0.932 bits per heavy atom. The van der Waals surface area contributed by atoms with Crippen molar-refractivity contribution in [1.29, 1.82) is 0 Å². The Morgan fingerprint density at radius 3 is 1.27 bits per heavy atom. The number of fused-ring (bicyclic) bond motifs is 2. The topological polar surface area (TPSA) is 0 Å². The Bertz CT molecular complexity index is 1690. The zero-order valence-corrected chi connectivity index (χ0v) is 30.7. The van der Waals surface area contributed by atoms with Crippen LogP contribution in [0.3, 0.4) is 0 Å². The molecule has 0 spiro atoms. The Kier molecular flexibility index (Phi) is 16.1. The molecule has 0 atom stereocenters. The molecule has 218 valence electrons. The van der Waals surface area contributed by atoms with E-state index in [1.807, 2.05) is 60.7 Å². The van der Waals surface area contributed by atoms with E-state index in [9.17, 15) is 0 Å². The van der Waals surface area contributed by atoms with Gasteiger partial charge in [0, 0.05) is 20.6 Å². The van der Waals surface area contributed by atoms with E-state index in [1.165, 1.54) is 32.7 Å². The molecule has 0 fully saturated rings. The fourth-order valence-electron chi connectivity index (χ4n) is 4.54. The third-order valence-corrected chi connectivity index (χ3v) is 6.67. The molecule has 0 heterocycles. The minimum atomic E-state index is -0.826. The van der Waals surface area contributed by atoms with Crippen LogP contribution in [0.25, 0.3) is 21.5 Å². The van der Waals surface area contributed by atoms with Gasteiger partial charge in [-0.25, -0.2) is 0 Å². The molecule has 0 aliphatic heterocycles. The van der Waals surface area contributed by atoms with Crippen molar-refractivity contribution in [3.8, 4) is 23.7 Å². The van der Waals surface area contributed by atoms with E-state index in [1.54, 1.807) is 0 Å². The van der Waals surface area contributed by atoms with Crippen LogP contribution < -0.4 is 0 Å². The molecule has 0 aliphatic rings. The van der Waals surface area contributed by atoms with Crippen LogP contribution in [0.4, 0.5) is 0 Å². The van der Waals surface area contributed by atoms with Gasteiger partial charge >= 0.3 is 37.9 Å². The van der Waals surface area contributed by atoms with Gasteiger partial charge in [0.15, 0.2) is 0 Å². The van der Waals surface area contributed by atoms with Gasteiger partial charge in [0.05, 0.1) is 0 Å². The molecule has 0 amide bonds.